The number of fused-ring (bicyclic) bond motifs is 5. The van der Waals surface area contributed by atoms with E-state index in [1.165, 1.54) is 23.3 Å². The highest BCUT2D eigenvalue weighted by molar-refractivity contribution is 7.49. The number of phosphoric acid groups is 1. The summed E-state index contributed by atoms with van der Waals surface area (Å²) in [7, 11) is -4.06. The average molecular weight is 858 g/mol. The number of para-hydroxylation sites is 1. The van der Waals surface area contributed by atoms with Crippen molar-refractivity contribution in [3.05, 3.63) is 113 Å². The third-order valence-electron chi connectivity index (χ3n) is 12.0. The van der Waals surface area contributed by atoms with E-state index in [0.717, 1.165) is 44.1 Å². The topological polar surface area (TPSA) is 217 Å². The van der Waals surface area contributed by atoms with Gasteiger partial charge in [-0.05, 0) is 109 Å². The molecule has 16 heteroatoms. The fourth-order valence-corrected chi connectivity index (χ4v) is 10.3. The van der Waals surface area contributed by atoms with E-state index in [-0.39, 0.29) is 62.5 Å². The number of esters is 1. The average Bonchev–Trinajstić information content (AvgIpc) is 3.58. The Morgan fingerprint density at radius 1 is 0.869 bits per heavy atom. The van der Waals surface area contributed by atoms with Gasteiger partial charge in [-0.15, -0.1) is 0 Å². The number of benzene rings is 4. The molecule has 7 rings (SSSR count). The summed E-state index contributed by atoms with van der Waals surface area (Å²) in [5, 5.41) is 12.4. The molecule has 0 radical (unpaired) electrons. The van der Waals surface area contributed by atoms with Crippen molar-refractivity contribution in [2.24, 2.45) is 23.0 Å². The maximum absolute atomic E-state index is 14.1. The van der Waals surface area contributed by atoms with E-state index in [0.29, 0.717) is 29.3 Å². The second-order valence-corrected chi connectivity index (χ2v) is 17.3. The number of aromatic hydroxyl groups is 1. The number of carbonyl (C=O) groups excluding carboxylic acids is 3. The van der Waals surface area contributed by atoms with Crippen molar-refractivity contribution in [1.29, 1.82) is 0 Å². The predicted octanol–water partition coefficient (Wildman–Crippen LogP) is 7.45. The normalized spacial score (nSPS) is 22.4. The lowest BCUT2D eigenvalue weighted by Crippen LogP contribution is -2.45. The monoisotopic (exact) mass is 857 g/mol. The highest BCUT2D eigenvalue weighted by Gasteiger charge is 2.56. The van der Waals surface area contributed by atoms with Gasteiger partial charge in [0.2, 0.25) is 0 Å². The Hall–Kier alpha value is -5.60. The van der Waals surface area contributed by atoms with Gasteiger partial charge >= 0.3 is 19.9 Å². The number of amides is 2. The first-order valence-electron chi connectivity index (χ1n) is 20.5. The third kappa shape index (κ3) is 10.5. The van der Waals surface area contributed by atoms with Crippen LogP contribution in [0, 0.1) is 17.3 Å². The van der Waals surface area contributed by atoms with Crippen molar-refractivity contribution in [2.75, 3.05) is 38.7 Å². The summed E-state index contributed by atoms with van der Waals surface area (Å²) < 4.78 is 54.0. The van der Waals surface area contributed by atoms with E-state index in [1.54, 1.807) is 24.3 Å². The van der Waals surface area contributed by atoms with Crippen molar-refractivity contribution in [2.45, 2.75) is 64.1 Å². The van der Waals surface area contributed by atoms with Crippen LogP contribution in [0.15, 0.2) is 91.0 Å². The number of phosphoric ester groups is 1. The number of primary amides is 1. The van der Waals surface area contributed by atoms with Crippen LogP contribution in [0.3, 0.4) is 0 Å². The van der Waals surface area contributed by atoms with Crippen LogP contribution in [0.4, 0.5) is 10.5 Å². The first kappa shape index (κ1) is 43.5. The Morgan fingerprint density at radius 3 is 2.38 bits per heavy atom. The molecule has 2 amide bonds. The Balaban J connectivity index is 0.848. The Bertz CT molecular complexity index is 2230. The van der Waals surface area contributed by atoms with Gasteiger partial charge < -0.3 is 49.9 Å². The minimum atomic E-state index is -4.06. The zero-order chi connectivity index (χ0) is 43.0. The standard InChI is InChI=1S/C45H52N3O12P/c1-45-21-20-34-33-15-13-32(60-61(53,59-31-10-6-3-7-11-31)56-27-29-8-4-2-5-9-29)26-30(33)12-14-35(34)36(45)16-19-39(45)58-40(49)28-55-25-24-54-23-22-48-44(52)57-38-18-17-37(46)42(50)41(38)43(47)51/h2-11,13,15,17-18,26,34-36,39,50H,12,14,16,19-25,27-28,46H2,1H3,(H2,47,51)(H,48,52). The number of aryl methyl sites for hydroxylation is 1. The molecule has 0 aliphatic heterocycles. The highest BCUT2D eigenvalue weighted by Crippen LogP contribution is 2.62. The summed E-state index contributed by atoms with van der Waals surface area (Å²) in [6, 6.07) is 26.8. The van der Waals surface area contributed by atoms with Crippen molar-refractivity contribution < 1.29 is 56.6 Å². The molecule has 0 bridgehead atoms. The number of rotatable bonds is 18. The summed E-state index contributed by atoms with van der Waals surface area (Å²) in [6.45, 7) is 2.64. The summed E-state index contributed by atoms with van der Waals surface area (Å²) in [5.41, 5.74) is 13.5. The van der Waals surface area contributed by atoms with Crippen LogP contribution in [0.2, 0.25) is 0 Å². The molecule has 0 saturated heterocycles. The van der Waals surface area contributed by atoms with Crippen LogP contribution < -0.4 is 30.6 Å². The van der Waals surface area contributed by atoms with Crippen molar-refractivity contribution in [3.63, 3.8) is 0 Å². The molecule has 61 heavy (non-hydrogen) atoms. The quantitative estimate of drug-likeness (QED) is 0.0252. The molecule has 0 heterocycles. The maximum atomic E-state index is 14.1. The van der Waals surface area contributed by atoms with E-state index >= 15 is 0 Å². The molecular weight excluding hydrogens is 805 g/mol. The van der Waals surface area contributed by atoms with Gasteiger partial charge in [-0.3, -0.25) is 9.32 Å². The number of carbonyl (C=O) groups is 3. The van der Waals surface area contributed by atoms with Gasteiger partial charge in [0, 0.05) is 12.0 Å². The van der Waals surface area contributed by atoms with E-state index < -0.39 is 37.1 Å². The second kappa shape index (κ2) is 19.4. The molecule has 6 unspecified atom stereocenters. The summed E-state index contributed by atoms with van der Waals surface area (Å²) in [4.78, 5) is 36.8. The lowest BCUT2D eigenvalue weighted by Gasteiger charge is -2.50. The number of phenols is 1. The fourth-order valence-electron chi connectivity index (χ4n) is 9.14. The van der Waals surface area contributed by atoms with Crippen LogP contribution in [0.1, 0.15) is 72.0 Å². The van der Waals surface area contributed by atoms with Crippen molar-refractivity contribution in [3.8, 4) is 23.0 Å². The van der Waals surface area contributed by atoms with Crippen molar-refractivity contribution >= 4 is 31.5 Å². The molecule has 6 N–H and O–H groups in total. The van der Waals surface area contributed by atoms with Crippen LogP contribution in [0.25, 0.3) is 0 Å². The number of hydrogen-bond acceptors (Lipinski definition) is 13. The molecule has 324 valence electrons. The Morgan fingerprint density at radius 2 is 1.61 bits per heavy atom. The SMILES string of the molecule is CC12CCC3c4ccc(OP(=O)(OCc5ccccc5)Oc5ccccc5)cc4CCC3C1CCC2OC(=O)COCCOCCNC(=O)Oc1ccc(N)c(O)c1C(N)=O. The number of anilines is 1. The van der Waals surface area contributed by atoms with E-state index in [1.807, 2.05) is 48.5 Å². The first-order chi connectivity index (χ1) is 29.4. The summed E-state index contributed by atoms with van der Waals surface area (Å²) >= 11 is 0. The molecule has 3 aliphatic carbocycles. The molecular formula is C45H52N3O12P. The van der Waals surface area contributed by atoms with Gasteiger partial charge in [0.05, 0.1) is 32.1 Å². The summed E-state index contributed by atoms with van der Waals surface area (Å²) in [6.07, 6.45) is 4.44. The predicted molar refractivity (Wildman–Crippen MR) is 224 cm³/mol. The zero-order valence-electron chi connectivity index (χ0n) is 34.0. The van der Waals surface area contributed by atoms with Crippen LogP contribution in [-0.2, 0) is 41.1 Å². The molecule has 2 saturated carbocycles. The molecule has 3 aliphatic rings. The fraction of sp³-hybridized carbons (Fsp3) is 0.400. The molecule has 6 atom stereocenters. The minimum absolute atomic E-state index is 0.0611. The molecule has 15 nitrogen and oxygen atoms in total. The molecule has 2 fully saturated rings. The molecule has 0 spiro atoms. The second-order valence-electron chi connectivity index (χ2n) is 15.8. The van der Waals surface area contributed by atoms with Gasteiger partial charge in [0.25, 0.3) is 5.91 Å². The summed E-state index contributed by atoms with van der Waals surface area (Å²) in [5.74, 6) is -0.178. The van der Waals surface area contributed by atoms with Crippen LogP contribution in [-0.4, -0.2) is 62.2 Å². The number of nitrogens with two attached hydrogens (primary N) is 2. The maximum Gasteiger partial charge on any atom is 0.587 e. The van der Waals surface area contributed by atoms with E-state index in [4.69, 9.17) is 44.0 Å². The van der Waals surface area contributed by atoms with Gasteiger partial charge in [-0.1, -0.05) is 61.5 Å². The Kier molecular flexibility index (Phi) is 13.8. The first-order valence-corrected chi connectivity index (χ1v) is 22.0. The van der Waals surface area contributed by atoms with Gasteiger partial charge in [0.15, 0.2) is 5.75 Å². The van der Waals surface area contributed by atoms with E-state index in [9.17, 15) is 24.1 Å². The number of nitrogens with one attached hydrogen (secondary N) is 1. The Labute approximate surface area is 354 Å². The van der Waals surface area contributed by atoms with Gasteiger partial charge in [0.1, 0.15) is 35.5 Å². The molecule has 4 aromatic carbocycles. The van der Waals surface area contributed by atoms with Crippen molar-refractivity contribution in [1.82, 2.24) is 5.32 Å². The van der Waals surface area contributed by atoms with Crippen LogP contribution in [0.5, 0.6) is 23.0 Å². The third-order valence-corrected chi connectivity index (χ3v) is 13.3. The minimum Gasteiger partial charge on any atom is -0.505 e. The van der Waals surface area contributed by atoms with Gasteiger partial charge in [-0.25, -0.2) is 14.2 Å². The zero-order valence-corrected chi connectivity index (χ0v) is 34.9. The molecule has 0 aromatic heterocycles. The van der Waals surface area contributed by atoms with Crippen LogP contribution >= 0.6 is 7.82 Å². The highest BCUT2D eigenvalue weighted by atomic mass is 31.2. The van der Waals surface area contributed by atoms with E-state index in [2.05, 4.69) is 18.3 Å². The number of nitrogen functional groups attached to an aromatic ring is 1. The molecule has 4 aromatic rings. The lowest BCUT2D eigenvalue weighted by molar-refractivity contribution is -0.163. The smallest absolute Gasteiger partial charge is 0.505 e. The number of ether oxygens (including phenoxy) is 4. The largest absolute Gasteiger partial charge is 0.587 e. The van der Waals surface area contributed by atoms with Gasteiger partial charge in [-0.2, -0.15) is 0 Å². The number of hydrogen-bond donors (Lipinski definition) is 4. The lowest BCUT2D eigenvalue weighted by atomic mass is 9.55.